The topological polar surface area (TPSA) is 126 Å². The average Bonchev–Trinajstić information content (AvgIpc) is 2.72. The van der Waals surface area contributed by atoms with Gasteiger partial charge in [-0.25, -0.2) is 9.37 Å². The summed E-state index contributed by atoms with van der Waals surface area (Å²) in [6, 6.07) is 9.98. The molecule has 0 saturated carbocycles. The van der Waals surface area contributed by atoms with Crippen LogP contribution in [-0.2, 0) is 4.79 Å². The van der Waals surface area contributed by atoms with Gasteiger partial charge in [0.2, 0.25) is 11.5 Å². The summed E-state index contributed by atoms with van der Waals surface area (Å²) < 4.78 is 14.7. The molecule has 1 aromatic heterocycles. The van der Waals surface area contributed by atoms with Crippen LogP contribution in [0, 0.1) is 16.0 Å². The van der Waals surface area contributed by atoms with E-state index in [0.717, 1.165) is 5.69 Å². The largest absolute Gasteiger partial charge is 0.370 e. The lowest BCUT2D eigenvalue weighted by Gasteiger charge is -2.36. The monoisotopic (exact) mass is 430 g/mol. The number of pyridine rings is 1. The molecule has 1 saturated heterocycles. The first-order valence-electron chi connectivity index (χ1n) is 10.2. The highest BCUT2D eigenvalue weighted by atomic mass is 19.1. The minimum atomic E-state index is -2.04. The molecule has 3 rings (SSSR count). The molecule has 166 valence electrons. The van der Waals surface area contributed by atoms with E-state index < -0.39 is 16.5 Å². The van der Waals surface area contributed by atoms with Gasteiger partial charge in [-0.2, -0.15) is 0 Å². The van der Waals surface area contributed by atoms with Gasteiger partial charge in [-0.1, -0.05) is 13.8 Å². The van der Waals surface area contributed by atoms with Crippen LogP contribution in [0.2, 0.25) is 0 Å². The van der Waals surface area contributed by atoms with Gasteiger partial charge >= 0.3 is 5.69 Å². The molecule has 1 aliphatic rings. The van der Waals surface area contributed by atoms with E-state index in [-0.39, 0.29) is 24.5 Å². The van der Waals surface area contributed by atoms with Gasteiger partial charge in [0.1, 0.15) is 5.82 Å². The molecule has 1 aliphatic heterocycles. The molecular formula is C21H27FN6O3. The third-order valence-corrected chi connectivity index (χ3v) is 5.14. The van der Waals surface area contributed by atoms with E-state index in [1.54, 1.807) is 35.2 Å². The van der Waals surface area contributed by atoms with Crippen molar-refractivity contribution in [2.75, 3.05) is 35.2 Å². The van der Waals surface area contributed by atoms with Crippen LogP contribution < -0.4 is 21.3 Å². The van der Waals surface area contributed by atoms with Crippen molar-refractivity contribution >= 4 is 34.6 Å². The zero-order chi connectivity index (χ0) is 22.6. The van der Waals surface area contributed by atoms with Crippen molar-refractivity contribution in [2.45, 2.75) is 32.4 Å². The number of nitrogens with one attached hydrogen (secondary N) is 2. The Morgan fingerprint density at radius 2 is 2.03 bits per heavy atom. The van der Waals surface area contributed by atoms with Gasteiger partial charge in [-0.15, -0.1) is 0 Å². The summed E-state index contributed by atoms with van der Waals surface area (Å²) in [4.78, 5) is 28.5. The van der Waals surface area contributed by atoms with E-state index in [4.69, 9.17) is 5.73 Å². The number of anilines is 4. The number of benzene rings is 1. The Hall–Kier alpha value is -3.43. The number of nitrogens with two attached hydrogens (primary N) is 1. The standard InChI is InChI=1S/C21H27FN6O3/c1-14(2)12-24-18-9-8-17(28(30)31)19(26-18)25-15-4-6-16(7-5-15)27-11-3-10-21(22,13-27)20(23)29/h4-9,14H,3,10-13H2,1-2H3,(H2,23,29)(H2,24,25,26). The van der Waals surface area contributed by atoms with Gasteiger partial charge in [0.15, 0.2) is 0 Å². The fraction of sp³-hybridized carbons (Fsp3) is 0.429. The lowest BCUT2D eigenvalue weighted by molar-refractivity contribution is -0.384. The van der Waals surface area contributed by atoms with Gasteiger partial charge in [0.25, 0.3) is 5.91 Å². The Morgan fingerprint density at radius 3 is 2.65 bits per heavy atom. The number of amides is 1. The number of carbonyl (C=O) groups is 1. The number of alkyl halides is 1. The third kappa shape index (κ3) is 5.39. The maximum absolute atomic E-state index is 14.7. The first-order valence-corrected chi connectivity index (χ1v) is 10.2. The molecule has 2 heterocycles. The van der Waals surface area contributed by atoms with Crippen LogP contribution in [0.1, 0.15) is 26.7 Å². The Balaban J connectivity index is 1.76. The number of nitro groups is 1. The number of piperidine rings is 1. The molecule has 1 amide bonds. The van der Waals surface area contributed by atoms with Crippen LogP contribution >= 0.6 is 0 Å². The number of carbonyl (C=O) groups excluding carboxylic acids is 1. The number of nitrogens with zero attached hydrogens (tertiary/aromatic N) is 3. The number of hydrogen-bond donors (Lipinski definition) is 3. The SMILES string of the molecule is CC(C)CNc1ccc([N+](=O)[O-])c(Nc2ccc(N3CCCC(F)(C(N)=O)C3)cc2)n1. The van der Waals surface area contributed by atoms with E-state index in [0.29, 0.717) is 36.9 Å². The summed E-state index contributed by atoms with van der Waals surface area (Å²) in [5.41, 5.74) is 4.38. The van der Waals surface area contributed by atoms with Crippen molar-refractivity contribution in [1.29, 1.82) is 0 Å². The van der Waals surface area contributed by atoms with Gasteiger partial charge in [-0.05, 0) is 49.1 Å². The minimum Gasteiger partial charge on any atom is -0.370 e. The summed E-state index contributed by atoms with van der Waals surface area (Å²) >= 11 is 0. The highest BCUT2D eigenvalue weighted by Gasteiger charge is 2.41. The molecule has 1 unspecified atom stereocenters. The molecule has 0 aliphatic carbocycles. The second-order valence-corrected chi connectivity index (χ2v) is 8.12. The van der Waals surface area contributed by atoms with E-state index in [9.17, 15) is 19.3 Å². The Kier molecular flexibility index (Phi) is 6.57. The molecule has 0 spiro atoms. The summed E-state index contributed by atoms with van der Waals surface area (Å²) in [5.74, 6) is 0.117. The second kappa shape index (κ2) is 9.15. The smallest absolute Gasteiger partial charge is 0.311 e. The zero-order valence-corrected chi connectivity index (χ0v) is 17.6. The van der Waals surface area contributed by atoms with E-state index >= 15 is 0 Å². The van der Waals surface area contributed by atoms with E-state index in [1.807, 2.05) is 0 Å². The molecule has 0 bridgehead atoms. The Bertz CT molecular complexity index is 953. The van der Waals surface area contributed by atoms with Crippen molar-refractivity contribution < 1.29 is 14.1 Å². The lowest BCUT2D eigenvalue weighted by atomic mass is 9.93. The summed E-state index contributed by atoms with van der Waals surface area (Å²) in [5, 5.41) is 17.5. The molecule has 0 radical (unpaired) electrons. The fourth-order valence-corrected chi connectivity index (χ4v) is 3.42. The number of primary amides is 1. The molecule has 1 fully saturated rings. The lowest BCUT2D eigenvalue weighted by Crippen LogP contribution is -2.53. The average molecular weight is 430 g/mol. The van der Waals surface area contributed by atoms with Crippen LogP contribution in [0.5, 0.6) is 0 Å². The normalized spacial score (nSPS) is 18.6. The number of hydrogen-bond acceptors (Lipinski definition) is 7. The van der Waals surface area contributed by atoms with Gasteiger partial charge < -0.3 is 21.3 Å². The van der Waals surface area contributed by atoms with E-state index in [1.165, 1.54) is 6.07 Å². The third-order valence-electron chi connectivity index (χ3n) is 5.14. The first-order chi connectivity index (χ1) is 14.7. The molecule has 1 aromatic carbocycles. The molecule has 4 N–H and O–H groups in total. The number of aromatic nitrogens is 1. The molecule has 10 heteroatoms. The minimum absolute atomic E-state index is 0.0916. The highest BCUT2D eigenvalue weighted by molar-refractivity contribution is 5.84. The quantitative estimate of drug-likeness (QED) is 0.431. The van der Waals surface area contributed by atoms with Gasteiger partial charge in [0, 0.05) is 30.5 Å². The number of halogens is 1. The fourth-order valence-electron chi connectivity index (χ4n) is 3.42. The predicted molar refractivity (Wildman–Crippen MR) is 118 cm³/mol. The first kappa shape index (κ1) is 22.3. The Morgan fingerprint density at radius 1 is 1.32 bits per heavy atom. The van der Waals surface area contributed by atoms with Gasteiger partial charge in [-0.3, -0.25) is 14.9 Å². The van der Waals surface area contributed by atoms with Crippen molar-refractivity contribution in [3.05, 3.63) is 46.5 Å². The van der Waals surface area contributed by atoms with Crippen LogP contribution in [0.25, 0.3) is 0 Å². The van der Waals surface area contributed by atoms with Crippen molar-refractivity contribution in [1.82, 2.24) is 4.98 Å². The summed E-state index contributed by atoms with van der Waals surface area (Å²) in [7, 11) is 0. The van der Waals surface area contributed by atoms with Crippen molar-refractivity contribution in [2.24, 2.45) is 11.7 Å². The zero-order valence-electron chi connectivity index (χ0n) is 17.6. The van der Waals surface area contributed by atoms with Crippen molar-refractivity contribution in [3.8, 4) is 0 Å². The molecule has 9 nitrogen and oxygen atoms in total. The molecular weight excluding hydrogens is 403 g/mol. The van der Waals surface area contributed by atoms with Crippen molar-refractivity contribution in [3.63, 3.8) is 0 Å². The Labute approximate surface area is 180 Å². The van der Waals surface area contributed by atoms with Crippen LogP contribution in [0.15, 0.2) is 36.4 Å². The number of rotatable bonds is 8. The molecule has 2 aromatic rings. The van der Waals surface area contributed by atoms with E-state index in [2.05, 4.69) is 29.5 Å². The van der Waals surface area contributed by atoms with Gasteiger partial charge in [0.05, 0.1) is 11.5 Å². The second-order valence-electron chi connectivity index (χ2n) is 8.12. The predicted octanol–water partition coefficient (Wildman–Crippen LogP) is 3.60. The van der Waals surface area contributed by atoms with Crippen LogP contribution in [0.3, 0.4) is 0 Å². The van der Waals surface area contributed by atoms with Crippen LogP contribution in [0.4, 0.5) is 33.1 Å². The summed E-state index contributed by atoms with van der Waals surface area (Å²) in [6.07, 6.45) is 0.640. The highest BCUT2D eigenvalue weighted by Crippen LogP contribution is 2.31. The van der Waals surface area contributed by atoms with Crippen LogP contribution in [-0.4, -0.2) is 41.1 Å². The molecule has 1 atom stereocenters. The maximum Gasteiger partial charge on any atom is 0.311 e. The maximum atomic E-state index is 14.7. The summed E-state index contributed by atoms with van der Waals surface area (Å²) in [6.45, 7) is 5.32. The molecule has 31 heavy (non-hydrogen) atoms.